The maximum atomic E-state index is 5.37. The molecule has 0 amide bonds. The van der Waals surface area contributed by atoms with Gasteiger partial charge in [0.25, 0.3) is 0 Å². The maximum absolute atomic E-state index is 5.37. The molecule has 1 unspecified atom stereocenters. The Labute approximate surface area is 112 Å². The van der Waals surface area contributed by atoms with Gasteiger partial charge in [0, 0.05) is 23.5 Å². The number of ether oxygens (including phenoxy) is 1. The summed E-state index contributed by atoms with van der Waals surface area (Å²) in [5.41, 5.74) is 2.27. The number of nitrogens with zero attached hydrogens (tertiary/aromatic N) is 1. The first kappa shape index (κ1) is 13.1. The summed E-state index contributed by atoms with van der Waals surface area (Å²) in [6.07, 6.45) is 0. The fourth-order valence-electron chi connectivity index (χ4n) is 1.88. The van der Waals surface area contributed by atoms with Crippen molar-refractivity contribution in [2.75, 3.05) is 7.11 Å². The van der Waals surface area contributed by atoms with Crippen LogP contribution < -0.4 is 10.1 Å². The molecular weight excluding hydrogens is 244 g/mol. The molecular formula is C14H18N2OS. The Morgan fingerprint density at radius 1 is 1.39 bits per heavy atom. The van der Waals surface area contributed by atoms with E-state index >= 15 is 0 Å². The van der Waals surface area contributed by atoms with Gasteiger partial charge < -0.3 is 10.1 Å². The van der Waals surface area contributed by atoms with Crippen LogP contribution in [-0.2, 0) is 6.54 Å². The number of aryl methyl sites for hydroxylation is 1. The molecule has 96 valence electrons. The summed E-state index contributed by atoms with van der Waals surface area (Å²) in [6, 6.07) is 8.33. The van der Waals surface area contributed by atoms with E-state index in [-0.39, 0.29) is 6.04 Å². The average molecular weight is 262 g/mol. The predicted octanol–water partition coefficient (Wildman–Crippen LogP) is 3.31. The second-order valence-corrected chi connectivity index (χ2v) is 5.26. The summed E-state index contributed by atoms with van der Waals surface area (Å²) >= 11 is 1.68. The minimum absolute atomic E-state index is 0.239. The number of hydrogen-bond donors (Lipinski definition) is 1. The first-order chi connectivity index (χ1) is 8.70. The lowest BCUT2D eigenvalue weighted by atomic mass is 10.1. The molecule has 0 radical (unpaired) electrons. The van der Waals surface area contributed by atoms with E-state index in [2.05, 4.69) is 28.7 Å². The van der Waals surface area contributed by atoms with Crippen molar-refractivity contribution >= 4 is 11.3 Å². The van der Waals surface area contributed by atoms with Crippen LogP contribution in [0.15, 0.2) is 29.6 Å². The van der Waals surface area contributed by atoms with Gasteiger partial charge >= 0.3 is 0 Å². The Morgan fingerprint density at radius 3 is 2.83 bits per heavy atom. The number of aromatic nitrogens is 1. The van der Waals surface area contributed by atoms with Crippen molar-refractivity contribution in [3.8, 4) is 5.75 Å². The summed E-state index contributed by atoms with van der Waals surface area (Å²) in [4.78, 5) is 4.44. The molecule has 1 aromatic carbocycles. The summed E-state index contributed by atoms with van der Waals surface area (Å²) < 4.78 is 5.37. The molecule has 1 aromatic heterocycles. The fraction of sp³-hybridized carbons (Fsp3) is 0.357. The van der Waals surface area contributed by atoms with Gasteiger partial charge in [0.05, 0.1) is 17.8 Å². The van der Waals surface area contributed by atoms with Crippen LogP contribution >= 0.6 is 11.3 Å². The summed E-state index contributed by atoms with van der Waals surface area (Å²) in [5.74, 6) is 0.923. The van der Waals surface area contributed by atoms with Crippen LogP contribution in [0, 0.1) is 6.92 Å². The molecule has 3 nitrogen and oxygen atoms in total. The van der Waals surface area contributed by atoms with Crippen LogP contribution in [0.3, 0.4) is 0 Å². The molecule has 4 heteroatoms. The molecule has 2 aromatic rings. The first-order valence-electron chi connectivity index (χ1n) is 5.98. The SMILES string of the molecule is COc1ccccc1C(C)NCc1csc(C)n1. The fourth-order valence-corrected chi connectivity index (χ4v) is 2.49. The highest BCUT2D eigenvalue weighted by Crippen LogP contribution is 2.24. The standard InChI is InChI=1S/C14H18N2OS/c1-10(13-6-4-5-7-14(13)17-3)15-8-12-9-18-11(2)16-12/h4-7,9-10,15H,8H2,1-3H3. The lowest BCUT2D eigenvalue weighted by Crippen LogP contribution is -2.18. The molecule has 1 heterocycles. The van der Waals surface area contributed by atoms with Gasteiger partial charge in [-0.15, -0.1) is 11.3 Å². The Morgan fingerprint density at radius 2 is 2.17 bits per heavy atom. The zero-order valence-corrected chi connectivity index (χ0v) is 11.8. The normalized spacial score (nSPS) is 12.4. The van der Waals surface area contributed by atoms with Crippen molar-refractivity contribution in [1.29, 1.82) is 0 Å². The largest absolute Gasteiger partial charge is 0.496 e. The van der Waals surface area contributed by atoms with Gasteiger partial charge in [-0.25, -0.2) is 4.98 Å². The Hall–Kier alpha value is -1.39. The van der Waals surface area contributed by atoms with Crippen molar-refractivity contribution in [3.63, 3.8) is 0 Å². The Balaban J connectivity index is 2.01. The van der Waals surface area contributed by atoms with E-state index in [1.165, 1.54) is 5.56 Å². The van der Waals surface area contributed by atoms with Crippen LogP contribution in [0.2, 0.25) is 0 Å². The molecule has 0 spiro atoms. The monoisotopic (exact) mass is 262 g/mol. The molecule has 1 N–H and O–H groups in total. The zero-order valence-electron chi connectivity index (χ0n) is 10.9. The smallest absolute Gasteiger partial charge is 0.123 e. The van der Waals surface area contributed by atoms with E-state index in [9.17, 15) is 0 Å². The first-order valence-corrected chi connectivity index (χ1v) is 6.86. The second kappa shape index (κ2) is 5.98. The number of methoxy groups -OCH3 is 1. The second-order valence-electron chi connectivity index (χ2n) is 4.20. The topological polar surface area (TPSA) is 34.1 Å². The van der Waals surface area contributed by atoms with E-state index in [4.69, 9.17) is 4.74 Å². The lowest BCUT2D eigenvalue weighted by molar-refractivity contribution is 0.401. The van der Waals surface area contributed by atoms with Gasteiger partial charge in [0.1, 0.15) is 5.75 Å². The van der Waals surface area contributed by atoms with Crippen LogP contribution in [0.1, 0.15) is 29.2 Å². The van der Waals surface area contributed by atoms with E-state index in [0.717, 1.165) is 23.0 Å². The van der Waals surface area contributed by atoms with Crippen LogP contribution in [0.4, 0.5) is 0 Å². The third-order valence-corrected chi connectivity index (χ3v) is 3.68. The van der Waals surface area contributed by atoms with Gasteiger partial charge in [0.15, 0.2) is 0 Å². The van der Waals surface area contributed by atoms with E-state index < -0.39 is 0 Å². The number of hydrogen-bond acceptors (Lipinski definition) is 4. The molecule has 0 saturated heterocycles. The third-order valence-electron chi connectivity index (χ3n) is 2.86. The molecule has 0 aliphatic heterocycles. The number of benzene rings is 1. The summed E-state index contributed by atoms with van der Waals surface area (Å²) in [6.45, 7) is 4.94. The number of rotatable bonds is 5. The quantitative estimate of drug-likeness (QED) is 0.897. The van der Waals surface area contributed by atoms with Crippen LogP contribution in [0.25, 0.3) is 0 Å². The molecule has 0 saturated carbocycles. The summed E-state index contributed by atoms with van der Waals surface area (Å²) in [5, 5.41) is 6.67. The minimum Gasteiger partial charge on any atom is -0.496 e. The van der Waals surface area contributed by atoms with Crippen molar-refractivity contribution in [3.05, 3.63) is 45.9 Å². The minimum atomic E-state index is 0.239. The van der Waals surface area contributed by atoms with Crippen molar-refractivity contribution in [2.45, 2.75) is 26.4 Å². The van der Waals surface area contributed by atoms with Gasteiger partial charge in [-0.3, -0.25) is 0 Å². The number of thiazole rings is 1. The average Bonchev–Trinajstić information content (AvgIpc) is 2.81. The highest BCUT2D eigenvalue weighted by Gasteiger charge is 2.10. The van der Waals surface area contributed by atoms with Gasteiger partial charge in [-0.2, -0.15) is 0 Å². The summed E-state index contributed by atoms with van der Waals surface area (Å²) in [7, 11) is 1.70. The van der Waals surface area contributed by atoms with Gasteiger partial charge in [-0.05, 0) is 19.9 Å². The Bertz CT molecular complexity index is 510. The molecule has 1 atom stereocenters. The van der Waals surface area contributed by atoms with Gasteiger partial charge in [-0.1, -0.05) is 18.2 Å². The number of nitrogens with one attached hydrogen (secondary N) is 1. The molecule has 0 aliphatic carbocycles. The van der Waals surface area contributed by atoms with Crippen LogP contribution in [0.5, 0.6) is 5.75 Å². The molecule has 0 bridgehead atoms. The van der Waals surface area contributed by atoms with Crippen molar-refractivity contribution in [2.24, 2.45) is 0 Å². The van der Waals surface area contributed by atoms with Crippen molar-refractivity contribution in [1.82, 2.24) is 10.3 Å². The van der Waals surface area contributed by atoms with Crippen molar-refractivity contribution < 1.29 is 4.74 Å². The molecule has 18 heavy (non-hydrogen) atoms. The predicted molar refractivity (Wildman–Crippen MR) is 75.1 cm³/mol. The van der Waals surface area contributed by atoms with E-state index in [1.54, 1.807) is 18.4 Å². The highest BCUT2D eigenvalue weighted by atomic mass is 32.1. The molecule has 0 aliphatic rings. The van der Waals surface area contributed by atoms with E-state index in [1.807, 2.05) is 25.1 Å². The number of para-hydroxylation sites is 1. The Kier molecular flexibility index (Phi) is 4.33. The lowest BCUT2D eigenvalue weighted by Gasteiger charge is -2.16. The maximum Gasteiger partial charge on any atom is 0.123 e. The molecule has 0 fully saturated rings. The van der Waals surface area contributed by atoms with Gasteiger partial charge in [0.2, 0.25) is 0 Å². The molecule has 2 rings (SSSR count). The van der Waals surface area contributed by atoms with E-state index in [0.29, 0.717) is 0 Å². The highest BCUT2D eigenvalue weighted by molar-refractivity contribution is 7.09. The van der Waals surface area contributed by atoms with Crippen LogP contribution in [-0.4, -0.2) is 12.1 Å². The third kappa shape index (κ3) is 3.09. The zero-order chi connectivity index (χ0) is 13.0.